The second-order valence-electron chi connectivity index (χ2n) is 6.13. The first kappa shape index (κ1) is 10.1. The van der Waals surface area contributed by atoms with Crippen LogP contribution < -0.4 is 5.73 Å². The van der Waals surface area contributed by atoms with Crippen molar-refractivity contribution < 1.29 is 0 Å². The molecule has 0 radical (unpaired) electrons. The largest absolute Gasteiger partial charge is 0.328 e. The minimum absolute atomic E-state index is 0.495. The number of nitrogens with zero attached hydrogens (tertiary/aromatic N) is 1. The highest BCUT2D eigenvalue weighted by molar-refractivity contribution is 4.97. The van der Waals surface area contributed by atoms with Crippen molar-refractivity contribution in [3.63, 3.8) is 0 Å². The smallest absolute Gasteiger partial charge is 0.0114 e. The maximum atomic E-state index is 6.09. The van der Waals surface area contributed by atoms with Crippen molar-refractivity contribution >= 4 is 0 Å². The van der Waals surface area contributed by atoms with Gasteiger partial charge in [0.15, 0.2) is 0 Å². The van der Waals surface area contributed by atoms with E-state index >= 15 is 0 Å². The first-order valence-corrected chi connectivity index (χ1v) is 6.75. The lowest BCUT2D eigenvalue weighted by atomic mass is 9.95. The van der Waals surface area contributed by atoms with E-state index in [4.69, 9.17) is 5.73 Å². The molecule has 0 aromatic rings. The molecule has 2 N–H and O–H groups in total. The van der Waals surface area contributed by atoms with Crippen molar-refractivity contribution in [1.82, 2.24) is 4.90 Å². The summed E-state index contributed by atoms with van der Waals surface area (Å²) in [7, 11) is 0. The molecule has 3 fully saturated rings. The van der Waals surface area contributed by atoms with E-state index in [-0.39, 0.29) is 0 Å². The molecular formula is C13H24N2. The molecule has 86 valence electrons. The average Bonchev–Trinajstić information content (AvgIpc) is 2.97. The monoisotopic (exact) mass is 208 g/mol. The molecule has 0 spiro atoms. The maximum Gasteiger partial charge on any atom is 0.0114 e. The van der Waals surface area contributed by atoms with Crippen LogP contribution in [0.1, 0.15) is 45.4 Å². The van der Waals surface area contributed by atoms with E-state index in [1.807, 2.05) is 0 Å². The van der Waals surface area contributed by atoms with Gasteiger partial charge in [0.05, 0.1) is 0 Å². The first-order chi connectivity index (χ1) is 7.24. The molecule has 15 heavy (non-hydrogen) atoms. The van der Waals surface area contributed by atoms with Crippen LogP contribution in [0.5, 0.6) is 0 Å². The number of rotatable bonds is 3. The third-order valence-corrected chi connectivity index (χ3v) is 4.85. The van der Waals surface area contributed by atoms with Crippen molar-refractivity contribution in [2.45, 2.75) is 63.6 Å². The zero-order valence-corrected chi connectivity index (χ0v) is 9.86. The molecule has 0 aromatic heterocycles. The number of hydrogen-bond donors (Lipinski definition) is 1. The van der Waals surface area contributed by atoms with Gasteiger partial charge in [-0.3, -0.25) is 4.90 Å². The Bertz CT molecular complexity index is 223. The summed E-state index contributed by atoms with van der Waals surface area (Å²) in [4.78, 5) is 2.80. The normalized spacial score (nSPS) is 43.2. The van der Waals surface area contributed by atoms with Crippen molar-refractivity contribution in [2.24, 2.45) is 17.6 Å². The summed E-state index contributed by atoms with van der Waals surface area (Å²) < 4.78 is 0. The highest BCUT2D eigenvalue weighted by Crippen LogP contribution is 2.41. The van der Waals surface area contributed by atoms with Gasteiger partial charge >= 0.3 is 0 Å². The molecule has 1 aliphatic carbocycles. The average molecular weight is 208 g/mol. The summed E-state index contributed by atoms with van der Waals surface area (Å²) in [6, 6.07) is 2.16. The Labute approximate surface area is 93.2 Å². The van der Waals surface area contributed by atoms with Crippen molar-refractivity contribution in [2.75, 3.05) is 6.54 Å². The molecule has 3 unspecified atom stereocenters. The van der Waals surface area contributed by atoms with Crippen LogP contribution in [0, 0.1) is 11.8 Å². The molecule has 2 nitrogen and oxygen atoms in total. The molecule has 0 amide bonds. The number of hydrogen-bond acceptors (Lipinski definition) is 2. The summed E-state index contributed by atoms with van der Waals surface area (Å²) in [6.45, 7) is 3.80. The number of fused-ring (bicyclic) bond motifs is 2. The Hall–Kier alpha value is -0.0800. The number of nitrogens with two attached hydrogens (primary N) is 1. The molecule has 3 atom stereocenters. The predicted molar refractivity (Wildman–Crippen MR) is 62.6 cm³/mol. The molecule has 0 aromatic carbocycles. The predicted octanol–water partition coefficient (Wildman–Crippen LogP) is 1.99. The van der Waals surface area contributed by atoms with Crippen molar-refractivity contribution in [3.8, 4) is 0 Å². The molecule has 2 saturated heterocycles. The number of piperidine rings is 1. The molecule has 3 rings (SSSR count). The molecular weight excluding hydrogens is 184 g/mol. The van der Waals surface area contributed by atoms with Crippen LogP contribution in [0.4, 0.5) is 0 Å². The third-order valence-electron chi connectivity index (χ3n) is 4.85. The molecule has 2 heterocycles. The molecule has 2 bridgehead atoms. The van der Waals surface area contributed by atoms with Gasteiger partial charge in [0, 0.05) is 24.7 Å². The van der Waals surface area contributed by atoms with Crippen LogP contribution in [0.25, 0.3) is 0 Å². The molecule has 2 heteroatoms. The van der Waals surface area contributed by atoms with Gasteiger partial charge < -0.3 is 5.73 Å². The van der Waals surface area contributed by atoms with Crippen LogP contribution >= 0.6 is 0 Å². The Morgan fingerprint density at radius 1 is 1.13 bits per heavy atom. The molecule has 1 saturated carbocycles. The lowest BCUT2D eigenvalue weighted by Crippen LogP contribution is -2.48. The molecule has 2 aliphatic heterocycles. The zero-order valence-electron chi connectivity index (χ0n) is 9.86. The molecule has 3 aliphatic rings. The quantitative estimate of drug-likeness (QED) is 0.768. The fourth-order valence-corrected chi connectivity index (χ4v) is 3.76. The fraction of sp³-hybridized carbons (Fsp3) is 1.00. The minimum Gasteiger partial charge on any atom is -0.328 e. The second kappa shape index (κ2) is 3.74. The fourth-order valence-electron chi connectivity index (χ4n) is 3.76. The third kappa shape index (κ3) is 1.94. The summed E-state index contributed by atoms with van der Waals surface area (Å²) >= 11 is 0. The van der Waals surface area contributed by atoms with Gasteiger partial charge in [-0.1, -0.05) is 6.92 Å². The topological polar surface area (TPSA) is 29.3 Å². The van der Waals surface area contributed by atoms with Gasteiger partial charge in [0.1, 0.15) is 0 Å². The summed E-state index contributed by atoms with van der Waals surface area (Å²) in [5.41, 5.74) is 6.09. The van der Waals surface area contributed by atoms with Crippen LogP contribution in [-0.4, -0.2) is 29.6 Å². The van der Waals surface area contributed by atoms with E-state index in [0.717, 1.165) is 23.9 Å². The Morgan fingerprint density at radius 2 is 1.73 bits per heavy atom. The van der Waals surface area contributed by atoms with E-state index in [0.29, 0.717) is 6.04 Å². The summed E-state index contributed by atoms with van der Waals surface area (Å²) in [5, 5.41) is 0. The van der Waals surface area contributed by atoms with E-state index in [1.165, 1.54) is 45.1 Å². The Balaban J connectivity index is 1.61. The van der Waals surface area contributed by atoms with Gasteiger partial charge in [0.2, 0.25) is 0 Å². The van der Waals surface area contributed by atoms with Crippen LogP contribution in [0.2, 0.25) is 0 Å². The highest BCUT2D eigenvalue weighted by Gasteiger charge is 2.41. The van der Waals surface area contributed by atoms with Crippen molar-refractivity contribution in [1.29, 1.82) is 0 Å². The van der Waals surface area contributed by atoms with Crippen LogP contribution in [0.3, 0.4) is 0 Å². The SMILES string of the molecule is CC(CN1C2CCC1CC(N)C2)C1CC1. The van der Waals surface area contributed by atoms with E-state index in [9.17, 15) is 0 Å². The Kier molecular flexibility index (Phi) is 2.52. The Morgan fingerprint density at radius 3 is 2.27 bits per heavy atom. The van der Waals surface area contributed by atoms with Gasteiger partial charge in [-0.15, -0.1) is 0 Å². The van der Waals surface area contributed by atoms with Crippen molar-refractivity contribution in [3.05, 3.63) is 0 Å². The standard InChI is InChI=1S/C13H24N2/c1-9(10-2-3-10)8-15-12-4-5-13(15)7-11(14)6-12/h9-13H,2-8,14H2,1H3. The van der Waals surface area contributed by atoms with Gasteiger partial charge in [-0.2, -0.15) is 0 Å². The summed E-state index contributed by atoms with van der Waals surface area (Å²) in [5.74, 6) is 1.99. The van der Waals surface area contributed by atoms with E-state index in [1.54, 1.807) is 0 Å². The first-order valence-electron chi connectivity index (χ1n) is 6.75. The zero-order chi connectivity index (χ0) is 10.4. The van der Waals surface area contributed by atoms with Gasteiger partial charge in [-0.25, -0.2) is 0 Å². The van der Waals surface area contributed by atoms with E-state index in [2.05, 4.69) is 11.8 Å². The minimum atomic E-state index is 0.495. The van der Waals surface area contributed by atoms with Crippen LogP contribution in [0.15, 0.2) is 0 Å². The van der Waals surface area contributed by atoms with Gasteiger partial charge in [0.25, 0.3) is 0 Å². The lowest BCUT2D eigenvalue weighted by molar-refractivity contribution is 0.105. The van der Waals surface area contributed by atoms with Gasteiger partial charge in [-0.05, 0) is 50.4 Å². The van der Waals surface area contributed by atoms with Crippen LogP contribution in [-0.2, 0) is 0 Å². The highest BCUT2D eigenvalue weighted by atomic mass is 15.2. The van der Waals surface area contributed by atoms with E-state index < -0.39 is 0 Å². The summed E-state index contributed by atoms with van der Waals surface area (Å²) in [6.07, 6.45) is 8.32. The maximum absolute atomic E-state index is 6.09. The second-order valence-corrected chi connectivity index (χ2v) is 6.13. The lowest BCUT2D eigenvalue weighted by Gasteiger charge is -2.39.